The maximum absolute atomic E-state index is 12.0. The molecule has 0 amide bonds. The molecule has 0 aliphatic heterocycles. The number of esters is 2. The summed E-state index contributed by atoms with van der Waals surface area (Å²) in [6.45, 7) is 9.90. The third-order valence-electron chi connectivity index (χ3n) is 4.54. The lowest BCUT2D eigenvalue weighted by atomic mass is 9.82. The van der Waals surface area contributed by atoms with E-state index in [1.807, 2.05) is 24.3 Å². The zero-order chi connectivity index (χ0) is 20.7. The molecule has 150 valence electrons. The maximum Gasteiger partial charge on any atom is 0.349 e. The summed E-state index contributed by atoms with van der Waals surface area (Å²) in [7, 11) is 0. The summed E-state index contributed by atoms with van der Waals surface area (Å²) in [5.74, 6) is 0.0236. The van der Waals surface area contributed by atoms with Crippen molar-refractivity contribution in [2.45, 2.75) is 52.6 Å². The van der Waals surface area contributed by atoms with Crippen molar-refractivity contribution in [2.24, 2.45) is 0 Å². The van der Waals surface area contributed by atoms with Crippen molar-refractivity contribution in [1.29, 1.82) is 0 Å². The monoisotopic (exact) mass is 384 g/mol. The molecule has 0 aliphatic rings. The van der Waals surface area contributed by atoms with E-state index >= 15 is 0 Å². The van der Waals surface area contributed by atoms with E-state index in [0.29, 0.717) is 17.1 Å². The summed E-state index contributed by atoms with van der Waals surface area (Å²) >= 11 is 0. The van der Waals surface area contributed by atoms with E-state index < -0.39 is 11.9 Å². The summed E-state index contributed by atoms with van der Waals surface area (Å²) in [6, 6.07) is 14.0. The number of rotatable bonds is 8. The molecule has 0 unspecified atom stereocenters. The standard InChI is InChI=1S/C23H28O5/c1-6-23(4,5)18-9-13-19(14-10-18)26-15-21(24)28-20-11-7-17(8-12-20)22(25)27-16(2)3/h7-14,16H,6,15H2,1-5H3. The highest BCUT2D eigenvalue weighted by atomic mass is 16.6. The molecular weight excluding hydrogens is 356 g/mol. The van der Waals surface area contributed by atoms with E-state index in [-0.39, 0.29) is 18.1 Å². The normalized spacial score (nSPS) is 11.2. The van der Waals surface area contributed by atoms with Gasteiger partial charge in [0.25, 0.3) is 0 Å². The van der Waals surface area contributed by atoms with Gasteiger partial charge in [-0.15, -0.1) is 0 Å². The van der Waals surface area contributed by atoms with Gasteiger partial charge in [-0.2, -0.15) is 0 Å². The van der Waals surface area contributed by atoms with Crippen molar-refractivity contribution < 1.29 is 23.8 Å². The predicted molar refractivity (Wildman–Crippen MR) is 108 cm³/mol. The second kappa shape index (κ2) is 9.40. The highest BCUT2D eigenvalue weighted by molar-refractivity contribution is 5.89. The first-order valence-corrected chi connectivity index (χ1v) is 9.46. The third kappa shape index (κ3) is 6.12. The van der Waals surface area contributed by atoms with Gasteiger partial charge in [0.2, 0.25) is 0 Å². The van der Waals surface area contributed by atoms with Crippen LogP contribution in [0, 0.1) is 0 Å². The molecule has 0 heterocycles. The van der Waals surface area contributed by atoms with Crippen LogP contribution in [0.4, 0.5) is 0 Å². The number of hydrogen-bond acceptors (Lipinski definition) is 5. The smallest absolute Gasteiger partial charge is 0.349 e. The molecule has 5 heteroatoms. The lowest BCUT2D eigenvalue weighted by Crippen LogP contribution is -2.18. The summed E-state index contributed by atoms with van der Waals surface area (Å²) < 4.78 is 15.8. The van der Waals surface area contributed by atoms with Crippen molar-refractivity contribution in [2.75, 3.05) is 6.61 Å². The molecule has 0 saturated heterocycles. The van der Waals surface area contributed by atoms with E-state index in [1.165, 1.54) is 5.56 Å². The van der Waals surface area contributed by atoms with E-state index in [2.05, 4.69) is 20.8 Å². The molecular formula is C23H28O5. The van der Waals surface area contributed by atoms with Crippen molar-refractivity contribution >= 4 is 11.9 Å². The zero-order valence-electron chi connectivity index (χ0n) is 17.2. The molecule has 0 atom stereocenters. The Balaban J connectivity index is 1.86. The Bertz CT molecular complexity index is 789. The molecule has 28 heavy (non-hydrogen) atoms. The zero-order valence-corrected chi connectivity index (χ0v) is 17.2. The minimum Gasteiger partial charge on any atom is -0.482 e. The van der Waals surface area contributed by atoms with Gasteiger partial charge in [0, 0.05) is 0 Å². The van der Waals surface area contributed by atoms with Crippen LogP contribution in [0.1, 0.15) is 57.0 Å². The predicted octanol–water partition coefficient (Wildman–Crippen LogP) is 4.92. The Morgan fingerprint density at radius 2 is 1.50 bits per heavy atom. The average molecular weight is 384 g/mol. The van der Waals surface area contributed by atoms with Crippen LogP contribution in [-0.4, -0.2) is 24.6 Å². The first-order valence-electron chi connectivity index (χ1n) is 9.46. The lowest BCUT2D eigenvalue weighted by Gasteiger charge is -2.23. The number of hydrogen-bond donors (Lipinski definition) is 0. The summed E-state index contributed by atoms with van der Waals surface area (Å²) in [5, 5.41) is 0. The fourth-order valence-electron chi connectivity index (χ4n) is 2.45. The van der Waals surface area contributed by atoms with Crippen LogP contribution >= 0.6 is 0 Å². The van der Waals surface area contributed by atoms with Crippen molar-refractivity contribution in [1.82, 2.24) is 0 Å². The topological polar surface area (TPSA) is 61.8 Å². The van der Waals surface area contributed by atoms with Gasteiger partial charge in [0.1, 0.15) is 11.5 Å². The molecule has 0 radical (unpaired) electrons. The lowest BCUT2D eigenvalue weighted by molar-refractivity contribution is -0.136. The van der Waals surface area contributed by atoms with Crippen LogP contribution in [0.5, 0.6) is 11.5 Å². The Kier molecular flexibility index (Phi) is 7.21. The highest BCUT2D eigenvalue weighted by Gasteiger charge is 2.17. The Morgan fingerprint density at radius 1 is 0.929 bits per heavy atom. The molecule has 5 nitrogen and oxygen atoms in total. The van der Waals surface area contributed by atoms with Crippen LogP contribution in [0.25, 0.3) is 0 Å². The van der Waals surface area contributed by atoms with Gasteiger partial charge in [0.15, 0.2) is 6.61 Å². The fourth-order valence-corrected chi connectivity index (χ4v) is 2.45. The van der Waals surface area contributed by atoms with Crippen LogP contribution in [0.2, 0.25) is 0 Å². The van der Waals surface area contributed by atoms with Gasteiger partial charge >= 0.3 is 11.9 Å². The number of ether oxygens (including phenoxy) is 3. The van der Waals surface area contributed by atoms with Crippen molar-refractivity contribution in [3.05, 3.63) is 59.7 Å². The molecule has 0 saturated carbocycles. The average Bonchev–Trinajstić information content (AvgIpc) is 2.66. The quantitative estimate of drug-likeness (QED) is 0.477. The third-order valence-corrected chi connectivity index (χ3v) is 4.54. The van der Waals surface area contributed by atoms with E-state index in [1.54, 1.807) is 38.1 Å². The molecule has 2 aromatic carbocycles. The number of carbonyl (C=O) groups excluding carboxylic acids is 2. The number of benzene rings is 2. The molecule has 0 aromatic heterocycles. The summed E-state index contributed by atoms with van der Waals surface area (Å²) in [6.07, 6.45) is 0.845. The van der Waals surface area contributed by atoms with Crippen molar-refractivity contribution in [3.63, 3.8) is 0 Å². The largest absolute Gasteiger partial charge is 0.482 e. The highest BCUT2D eigenvalue weighted by Crippen LogP contribution is 2.28. The van der Waals surface area contributed by atoms with Gasteiger partial charge in [0.05, 0.1) is 11.7 Å². The molecule has 2 aromatic rings. The first-order chi connectivity index (χ1) is 13.2. The van der Waals surface area contributed by atoms with E-state index in [0.717, 1.165) is 6.42 Å². The van der Waals surface area contributed by atoms with Gasteiger partial charge in [-0.3, -0.25) is 0 Å². The second-order valence-electron chi connectivity index (χ2n) is 7.50. The summed E-state index contributed by atoms with van der Waals surface area (Å²) in [4.78, 5) is 23.8. The van der Waals surface area contributed by atoms with Crippen LogP contribution in [-0.2, 0) is 14.9 Å². The van der Waals surface area contributed by atoms with Gasteiger partial charge in [-0.1, -0.05) is 32.9 Å². The molecule has 0 aliphatic carbocycles. The second-order valence-corrected chi connectivity index (χ2v) is 7.50. The minimum atomic E-state index is -0.518. The van der Waals surface area contributed by atoms with Crippen LogP contribution in [0.3, 0.4) is 0 Å². The van der Waals surface area contributed by atoms with E-state index in [9.17, 15) is 9.59 Å². The molecule has 2 rings (SSSR count). The van der Waals surface area contributed by atoms with Gasteiger partial charge < -0.3 is 14.2 Å². The Labute approximate surface area is 166 Å². The maximum atomic E-state index is 12.0. The molecule has 0 spiro atoms. The molecule has 0 bridgehead atoms. The minimum absolute atomic E-state index is 0.102. The van der Waals surface area contributed by atoms with Crippen LogP contribution < -0.4 is 9.47 Å². The first kappa shape index (κ1) is 21.5. The number of carbonyl (C=O) groups is 2. The van der Waals surface area contributed by atoms with Gasteiger partial charge in [-0.25, -0.2) is 9.59 Å². The fraction of sp³-hybridized carbons (Fsp3) is 0.391. The Hall–Kier alpha value is -2.82. The summed E-state index contributed by atoms with van der Waals surface area (Å²) in [5.41, 5.74) is 1.73. The van der Waals surface area contributed by atoms with Gasteiger partial charge in [-0.05, 0) is 67.6 Å². The van der Waals surface area contributed by atoms with Crippen molar-refractivity contribution in [3.8, 4) is 11.5 Å². The molecule has 0 fully saturated rings. The molecule has 0 N–H and O–H groups in total. The Morgan fingerprint density at radius 3 is 2.04 bits per heavy atom. The van der Waals surface area contributed by atoms with E-state index in [4.69, 9.17) is 14.2 Å². The SMILES string of the molecule is CCC(C)(C)c1ccc(OCC(=O)Oc2ccc(C(=O)OC(C)C)cc2)cc1. The van der Waals surface area contributed by atoms with Crippen LogP contribution in [0.15, 0.2) is 48.5 Å².